The third-order valence-electron chi connectivity index (χ3n) is 4.31. The monoisotopic (exact) mass is 344 g/mol. The van der Waals surface area contributed by atoms with Gasteiger partial charge in [-0.3, -0.25) is 0 Å². The molecule has 3 rings (SSSR count). The van der Waals surface area contributed by atoms with Crippen LogP contribution < -0.4 is 10.1 Å². The molecule has 0 unspecified atom stereocenters. The molecule has 1 aromatic heterocycles. The normalized spacial score (nSPS) is 10.6. The van der Waals surface area contributed by atoms with Gasteiger partial charge in [0.1, 0.15) is 5.75 Å². The van der Waals surface area contributed by atoms with Crippen molar-refractivity contribution in [2.45, 2.75) is 26.8 Å². The first kappa shape index (κ1) is 18.4. The van der Waals surface area contributed by atoms with Crippen molar-refractivity contribution < 1.29 is 4.74 Å². The Balaban J connectivity index is 0.00000208. The highest BCUT2D eigenvalue weighted by atomic mass is 35.5. The number of ether oxygens (including phenoxy) is 1. The van der Waals surface area contributed by atoms with Gasteiger partial charge in [-0.1, -0.05) is 23.8 Å². The molecular formula is C20H25ClN2O. The van der Waals surface area contributed by atoms with Gasteiger partial charge in [0.15, 0.2) is 0 Å². The molecule has 4 heteroatoms. The largest absolute Gasteiger partial charge is 0.497 e. The standard InChI is InChI=1S/C20H24N2O.ClH/c1-14-4-9-20-19(12-14)18(15(2)22-20)10-11-21-13-16-5-7-17(23-3)8-6-16;/h4-9,12,21-22H,10-11,13H2,1-3H3;1H. The summed E-state index contributed by atoms with van der Waals surface area (Å²) in [5.41, 5.74) is 6.52. The van der Waals surface area contributed by atoms with E-state index in [9.17, 15) is 0 Å². The maximum absolute atomic E-state index is 5.18. The summed E-state index contributed by atoms with van der Waals surface area (Å²) in [5, 5.41) is 4.88. The highest BCUT2D eigenvalue weighted by Gasteiger charge is 2.08. The minimum absolute atomic E-state index is 0. The zero-order chi connectivity index (χ0) is 16.2. The fourth-order valence-electron chi connectivity index (χ4n) is 3.01. The van der Waals surface area contributed by atoms with E-state index in [1.54, 1.807) is 7.11 Å². The van der Waals surface area contributed by atoms with Crippen LogP contribution in [0.4, 0.5) is 0 Å². The average Bonchev–Trinajstić information content (AvgIpc) is 2.87. The van der Waals surface area contributed by atoms with Crippen molar-refractivity contribution in [3.05, 3.63) is 64.8 Å². The maximum Gasteiger partial charge on any atom is 0.118 e. The van der Waals surface area contributed by atoms with Gasteiger partial charge in [0.05, 0.1) is 7.11 Å². The topological polar surface area (TPSA) is 37.0 Å². The molecule has 3 aromatic rings. The van der Waals surface area contributed by atoms with Crippen molar-refractivity contribution in [2.75, 3.05) is 13.7 Å². The van der Waals surface area contributed by atoms with Crippen LogP contribution in [0.2, 0.25) is 0 Å². The van der Waals surface area contributed by atoms with Crippen molar-refractivity contribution in [2.24, 2.45) is 0 Å². The third kappa shape index (κ3) is 4.11. The minimum atomic E-state index is 0. The van der Waals surface area contributed by atoms with Crippen molar-refractivity contribution in [1.82, 2.24) is 10.3 Å². The van der Waals surface area contributed by atoms with E-state index in [1.165, 1.54) is 33.3 Å². The van der Waals surface area contributed by atoms with Crippen LogP contribution in [0.3, 0.4) is 0 Å². The lowest BCUT2D eigenvalue weighted by molar-refractivity contribution is 0.414. The number of nitrogens with one attached hydrogen (secondary N) is 2. The zero-order valence-corrected chi connectivity index (χ0v) is 15.3. The number of aryl methyl sites for hydroxylation is 2. The fraction of sp³-hybridized carbons (Fsp3) is 0.300. The molecule has 0 fully saturated rings. The average molecular weight is 345 g/mol. The van der Waals surface area contributed by atoms with Crippen LogP contribution in [-0.2, 0) is 13.0 Å². The Bertz CT molecular complexity index is 793. The number of benzene rings is 2. The van der Waals surface area contributed by atoms with Gasteiger partial charge < -0.3 is 15.0 Å². The van der Waals surface area contributed by atoms with E-state index >= 15 is 0 Å². The van der Waals surface area contributed by atoms with Crippen LogP contribution in [0, 0.1) is 13.8 Å². The van der Waals surface area contributed by atoms with Crippen LogP contribution in [-0.4, -0.2) is 18.6 Å². The predicted molar refractivity (Wildman–Crippen MR) is 103 cm³/mol. The molecular weight excluding hydrogens is 320 g/mol. The summed E-state index contributed by atoms with van der Waals surface area (Å²) in [5.74, 6) is 0.901. The Morgan fingerprint density at radius 3 is 2.50 bits per heavy atom. The first-order valence-electron chi connectivity index (χ1n) is 8.09. The Hall–Kier alpha value is -1.97. The smallest absolute Gasteiger partial charge is 0.118 e. The fourth-order valence-corrected chi connectivity index (χ4v) is 3.01. The first-order valence-corrected chi connectivity index (χ1v) is 8.09. The van der Waals surface area contributed by atoms with Gasteiger partial charge in [-0.15, -0.1) is 12.4 Å². The number of methoxy groups -OCH3 is 1. The number of aromatic amines is 1. The summed E-state index contributed by atoms with van der Waals surface area (Å²) in [4.78, 5) is 3.48. The summed E-state index contributed by atoms with van der Waals surface area (Å²) >= 11 is 0. The molecule has 0 saturated carbocycles. The number of hydrogen-bond acceptors (Lipinski definition) is 2. The maximum atomic E-state index is 5.18. The van der Waals surface area contributed by atoms with Gasteiger partial charge in [-0.2, -0.15) is 0 Å². The van der Waals surface area contributed by atoms with E-state index in [2.05, 4.69) is 54.5 Å². The van der Waals surface area contributed by atoms with Gasteiger partial charge in [-0.25, -0.2) is 0 Å². The van der Waals surface area contributed by atoms with E-state index in [-0.39, 0.29) is 12.4 Å². The first-order chi connectivity index (χ1) is 11.2. The molecule has 0 aliphatic rings. The van der Waals surface area contributed by atoms with Crippen LogP contribution in [0.15, 0.2) is 42.5 Å². The number of hydrogen-bond donors (Lipinski definition) is 2. The summed E-state index contributed by atoms with van der Waals surface area (Å²) in [6, 6.07) is 14.8. The van der Waals surface area contributed by atoms with E-state index in [4.69, 9.17) is 4.74 Å². The van der Waals surface area contributed by atoms with Gasteiger partial charge in [0.25, 0.3) is 0 Å². The van der Waals surface area contributed by atoms with Crippen LogP contribution in [0.1, 0.15) is 22.4 Å². The summed E-state index contributed by atoms with van der Waals surface area (Å²) in [6.07, 6.45) is 1.03. The SMILES string of the molecule is COc1ccc(CNCCc2c(C)[nH]c3ccc(C)cc23)cc1.Cl. The Kier molecular flexibility index (Phi) is 6.29. The molecule has 1 heterocycles. The Morgan fingerprint density at radius 1 is 1.04 bits per heavy atom. The number of aromatic nitrogens is 1. The molecule has 0 amide bonds. The van der Waals surface area contributed by atoms with E-state index < -0.39 is 0 Å². The Labute approximate surface area is 149 Å². The molecule has 0 spiro atoms. The van der Waals surface area contributed by atoms with Gasteiger partial charge >= 0.3 is 0 Å². The molecule has 0 atom stereocenters. The molecule has 24 heavy (non-hydrogen) atoms. The number of rotatable bonds is 6. The number of fused-ring (bicyclic) bond motifs is 1. The van der Waals surface area contributed by atoms with Gasteiger partial charge in [0, 0.05) is 23.1 Å². The zero-order valence-electron chi connectivity index (χ0n) is 14.5. The molecule has 0 saturated heterocycles. The van der Waals surface area contributed by atoms with Crippen LogP contribution in [0.5, 0.6) is 5.75 Å². The summed E-state index contributed by atoms with van der Waals surface area (Å²) in [7, 11) is 1.69. The molecule has 2 aromatic carbocycles. The van der Waals surface area contributed by atoms with E-state index in [1.807, 2.05) is 12.1 Å². The highest BCUT2D eigenvalue weighted by molar-refractivity contribution is 5.85. The summed E-state index contributed by atoms with van der Waals surface area (Å²) < 4.78 is 5.18. The van der Waals surface area contributed by atoms with E-state index in [0.29, 0.717) is 0 Å². The van der Waals surface area contributed by atoms with Crippen molar-refractivity contribution in [3.8, 4) is 5.75 Å². The molecule has 128 valence electrons. The molecule has 3 nitrogen and oxygen atoms in total. The van der Waals surface area contributed by atoms with Gasteiger partial charge in [-0.05, 0) is 62.2 Å². The lowest BCUT2D eigenvalue weighted by Crippen LogP contribution is -2.16. The second-order valence-corrected chi connectivity index (χ2v) is 6.05. The molecule has 0 aliphatic heterocycles. The van der Waals surface area contributed by atoms with Crippen molar-refractivity contribution >= 4 is 23.3 Å². The number of halogens is 1. The summed E-state index contributed by atoms with van der Waals surface area (Å²) in [6.45, 7) is 6.15. The number of H-pyrrole nitrogens is 1. The predicted octanol–water partition coefficient (Wildman–Crippen LogP) is 4.55. The lowest BCUT2D eigenvalue weighted by Gasteiger charge is -2.07. The molecule has 0 radical (unpaired) electrons. The van der Waals surface area contributed by atoms with Crippen molar-refractivity contribution in [1.29, 1.82) is 0 Å². The van der Waals surface area contributed by atoms with Crippen molar-refractivity contribution in [3.63, 3.8) is 0 Å². The van der Waals surface area contributed by atoms with E-state index in [0.717, 1.165) is 25.3 Å². The van der Waals surface area contributed by atoms with Gasteiger partial charge in [0.2, 0.25) is 0 Å². The molecule has 2 N–H and O–H groups in total. The quantitative estimate of drug-likeness (QED) is 0.644. The molecule has 0 bridgehead atoms. The molecule has 0 aliphatic carbocycles. The van der Waals surface area contributed by atoms with Crippen LogP contribution in [0.25, 0.3) is 10.9 Å². The second-order valence-electron chi connectivity index (χ2n) is 6.05. The highest BCUT2D eigenvalue weighted by Crippen LogP contribution is 2.23. The second kappa shape index (κ2) is 8.22. The van der Waals surface area contributed by atoms with Crippen LogP contribution >= 0.6 is 12.4 Å². The third-order valence-corrected chi connectivity index (χ3v) is 4.31. The Morgan fingerprint density at radius 2 is 1.79 bits per heavy atom. The lowest BCUT2D eigenvalue weighted by atomic mass is 10.1. The minimum Gasteiger partial charge on any atom is -0.497 e.